The number of piperidine rings is 1. The number of carboxylic acid groups (broad SMARTS) is 1. The number of aryl methyl sites for hydroxylation is 1. The SMILES string of the molecule is COc1ccc2nccc([C@@H](F)CC[C@@H]3CCN(CCCc4cccc(C(F)(F)F)c4)C[C@@H]3CC(=O)O)c2c1. The van der Waals surface area contributed by atoms with Crippen molar-refractivity contribution in [2.75, 3.05) is 26.7 Å². The van der Waals surface area contributed by atoms with Crippen molar-refractivity contribution < 1.29 is 32.2 Å². The highest BCUT2D eigenvalue weighted by atomic mass is 19.4. The van der Waals surface area contributed by atoms with Gasteiger partial charge in [-0.25, -0.2) is 4.39 Å². The van der Waals surface area contributed by atoms with Crippen LogP contribution in [0.2, 0.25) is 0 Å². The van der Waals surface area contributed by atoms with Gasteiger partial charge in [-0.05, 0) is 98.5 Å². The molecule has 0 bridgehead atoms. The van der Waals surface area contributed by atoms with Gasteiger partial charge in [0.15, 0.2) is 0 Å². The van der Waals surface area contributed by atoms with Gasteiger partial charge in [-0.1, -0.05) is 18.2 Å². The second kappa shape index (κ2) is 12.8. The van der Waals surface area contributed by atoms with E-state index in [1.54, 1.807) is 43.6 Å². The summed E-state index contributed by atoms with van der Waals surface area (Å²) < 4.78 is 59.7. The van der Waals surface area contributed by atoms with Gasteiger partial charge in [-0.3, -0.25) is 9.78 Å². The van der Waals surface area contributed by atoms with Crippen molar-refractivity contribution in [2.45, 2.75) is 50.9 Å². The maximum absolute atomic E-state index is 15.5. The van der Waals surface area contributed by atoms with Crippen molar-refractivity contribution >= 4 is 16.9 Å². The number of rotatable bonds is 11. The number of carboxylic acids is 1. The Morgan fingerprint density at radius 2 is 2.00 bits per heavy atom. The highest BCUT2D eigenvalue weighted by molar-refractivity contribution is 5.83. The number of aliphatic carboxylic acids is 1. The van der Waals surface area contributed by atoms with Crippen molar-refractivity contribution in [3.8, 4) is 5.75 Å². The lowest BCUT2D eigenvalue weighted by molar-refractivity contribution is -0.139. The number of aromatic nitrogens is 1. The number of likely N-dealkylation sites (tertiary alicyclic amines) is 1. The summed E-state index contributed by atoms with van der Waals surface area (Å²) in [4.78, 5) is 18.1. The summed E-state index contributed by atoms with van der Waals surface area (Å²) in [6, 6.07) is 12.5. The number of benzene rings is 2. The number of nitrogens with zero attached hydrogens (tertiary/aromatic N) is 2. The predicted octanol–water partition coefficient (Wildman–Crippen LogP) is 7.10. The first-order valence-electron chi connectivity index (χ1n) is 13.3. The lowest BCUT2D eigenvalue weighted by Crippen LogP contribution is -2.42. The molecule has 1 aliphatic rings. The fourth-order valence-electron chi connectivity index (χ4n) is 5.67. The van der Waals surface area contributed by atoms with Crippen LogP contribution >= 0.6 is 0 Å². The summed E-state index contributed by atoms with van der Waals surface area (Å²) in [5.41, 5.74) is 1.24. The highest BCUT2D eigenvalue weighted by Gasteiger charge is 2.32. The van der Waals surface area contributed by atoms with Crippen molar-refractivity contribution in [3.63, 3.8) is 0 Å². The van der Waals surface area contributed by atoms with Crippen LogP contribution in [0, 0.1) is 11.8 Å². The van der Waals surface area contributed by atoms with Crippen LogP contribution in [-0.4, -0.2) is 47.7 Å². The molecule has 4 rings (SSSR count). The summed E-state index contributed by atoms with van der Waals surface area (Å²) in [6.07, 6.45) is -1.14. The smallest absolute Gasteiger partial charge is 0.416 e. The maximum atomic E-state index is 15.5. The summed E-state index contributed by atoms with van der Waals surface area (Å²) in [5, 5.41) is 10.2. The molecular weight excluding hydrogens is 512 g/mol. The molecule has 5 nitrogen and oxygen atoms in total. The topological polar surface area (TPSA) is 62.7 Å². The molecular formula is C30H34F4N2O3. The number of hydrogen-bond acceptors (Lipinski definition) is 4. The lowest BCUT2D eigenvalue weighted by atomic mass is 9.79. The Morgan fingerprint density at radius 3 is 2.74 bits per heavy atom. The van der Waals surface area contributed by atoms with Crippen molar-refractivity contribution in [3.05, 3.63) is 71.4 Å². The molecule has 3 atom stereocenters. The number of alkyl halides is 4. The van der Waals surface area contributed by atoms with Crippen molar-refractivity contribution in [1.29, 1.82) is 0 Å². The van der Waals surface area contributed by atoms with Crippen LogP contribution < -0.4 is 4.74 Å². The number of halogens is 4. The van der Waals surface area contributed by atoms with Gasteiger partial charge in [-0.2, -0.15) is 13.2 Å². The molecule has 1 N–H and O–H groups in total. The van der Waals surface area contributed by atoms with Crippen LogP contribution in [0.3, 0.4) is 0 Å². The highest BCUT2D eigenvalue weighted by Crippen LogP contribution is 2.36. The van der Waals surface area contributed by atoms with E-state index in [1.165, 1.54) is 12.1 Å². The number of ether oxygens (including phenoxy) is 1. The molecule has 0 spiro atoms. The first-order valence-corrected chi connectivity index (χ1v) is 13.3. The minimum absolute atomic E-state index is 0.0150. The van der Waals surface area contributed by atoms with E-state index in [0.717, 1.165) is 19.0 Å². The molecule has 39 heavy (non-hydrogen) atoms. The molecule has 1 aromatic heterocycles. The van der Waals surface area contributed by atoms with Gasteiger partial charge in [0.1, 0.15) is 11.9 Å². The molecule has 9 heteroatoms. The normalized spacial score (nSPS) is 19.2. The molecule has 0 amide bonds. The summed E-state index contributed by atoms with van der Waals surface area (Å²) in [7, 11) is 1.56. The van der Waals surface area contributed by atoms with Gasteiger partial charge in [-0.15, -0.1) is 0 Å². The standard InChI is InChI=1S/C30H34F4N2O3/c1-39-24-8-10-28-26(18-24)25(11-13-35-28)27(31)9-7-21-12-15-36(19-22(21)17-29(37)38)14-3-5-20-4-2-6-23(16-20)30(32,33)34/h2,4,6,8,10-11,13,16,18,21-22,27H,3,5,7,9,12,14-15,17,19H2,1H3,(H,37,38)/t21-,22+,27+/m1/s1. The van der Waals surface area contributed by atoms with Crippen LogP contribution in [0.5, 0.6) is 5.75 Å². The quantitative estimate of drug-likeness (QED) is 0.260. The predicted molar refractivity (Wildman–Crippen MR) is 141 cm³/mol. The Morgan fingerprint density at radius 1 is 1.18 bits per heavy atom. The van der Waals surface area contributed by atoms with Crippen molar-refractivity contribution in [1.82, 2.24) is 9.88 Å². The Balaban J connectivity index is 1.33. The fraction of sp³-hybridized carbons (Fsp3) is 0.467. The van der Waals surface area contributed by atoms with E-state index in [9.17, 15) is 23.1 Å². The zero-order chi connectivity index (χ0) is 28.0. The van der Waals surface area contributed by atoms with E-state index in [2.05, 4.69) is 9.88 Å². The molecule has 2 heterocycles. The molecule has 0 saturated carbocycles. The van der Waals surface area contributed by atoms with E-state index in [1.807, 2.05) is 0 Å². The third-order valence-electron chi connectivity index (χ3n) is 7.72. The van der Waals surface area contributed by atoms with Gasteiger partial charge in [0, 0.05) is 24.5 Å². The van der Waals surface area contributed by atoms with Crippen molar-refractivity contribution in [2.24, 2.45) is 11.8 Å². The number of carbonyl (C=O) groups is 1. The average molecular weight is 547 g/mol. The summed E-state index contributed by atoms with van der Waals surface area (Å²) in [5.74, 6) is -0.265. The Kier molecular flexibility index (Phi) is 9.43. The average Bonchev–Trinajstić information content (AvgIpc) is 2.91. The minimum atomic E-state index is -4.36. The van der Waals surface area contributed by atoms with Gasteiger partial charge < -0.3 is 14.7 Å². The van der Waals surface area contributed by atoms with Gasteiger partial charge >= 0.3 is 12.1 Å². The third kappa shape index (κ3) is 7.68. The van der Waals surface area contributed by atoms with E-state index >= 15 is 4.39 Å². The van der Waals surface area contributed by atoms with E-state index in [0.29, 0.717) is 60.1 Å². The Hall–Kier alpha value is -3.20. The fourth-order valence-corrected chi connectivity index (χ4v) is 5.67. The monoisotopic (exact) mass is 546 g/mol. The second-order valence-electron chi connectivity index (χ2n) is 10.3. The van der Waals surface area contributed by atoms with Crippen LogP contribution in [0.1, 0.15) is 55.0 Å². The molecule has 1 saturated heterocycles. The second-order valence-corrected chi connectivity index (χ2v) is 10.3. The lowest BCUT2D eigenvalue weighted by Gasteiger charge is -2.38. The molecule has 1 fully saturated rings. The van der Waals surface area contributed by atoms with Crippen LogP contribution in [-0.2, 0) is 17.4 Å². The Bertz CT molecular complexity index is 1270. The minimum Gasteiger partial charge on any atom is -0.497 e. The van der Waals surface area contributed by atoms with E-state index in [-0.39, 0.29) is 24.7 Å². The molecule has 1 aliphatic heterocycles. The van der Waals surface area contributed by atoms with Crippen LogP contribution in [0.4, 0.5) is 17.6 Å². The zero-order valence-corrected chi connectivity index (χ0v) is 22.0. The molecule has 2 aromatic carbocycles. The first kappa shape index (κ1) is 28.8. The maximum Gasteiger partial charge on any atom is 0.416 e. The Labute approximate surface area is 225 Å². The van der Waals surface area contributed by atoms with E-state index in [4.69, 9.17) is 4.74 Å². The number of hydrogen-bond donors (Lipinski definition) is 1. The summed E-state index contributed by atoms with van der Waals surface area (Å²) >= 11 is 0. The zero-order valence-electron chi connectivity index (χ0n) is 22.0. The largest absolute Gasteiger partial charge is 0.497 e. The molecule has 0 unspecified atom stereocenters. The number of methoxy groups -OCH3 is 1. The van der Waals surface area contributed by atoms with Gasteiger partial charge in [0.25, 0.3) is 0 Å². The first-order chi connectivity index (χ1) is 18.6. The van der Waals surface area contributed by atoms with Crippen LogP contribution in [0.25, 0.3) is 10.9 Å². The van der Waals surface area contributed by atoms with Crippen LogP contribution in [0.15, 0.2) is 54.7 Å². The van der Waals surface area contributed by atoms with Gasteiger partial charge in [0.05, 0.1) is 18.2 Å². The number of pyridine rings is 1. The van der Waals surface area contributed by atoms with E-state index < -0.39 is 23.9 Å². The number of fused-ring (bicyclic) bond motifs is 1. The molecule has 0 aliphatic carbocycles. The van der Waals surface area contributed by atoms with Gasteiger partial charge in [0.2, 0.25) is 0 Å². The molecule has 3 aromatic rings. The third-order valence-corrected chi connectivity index (χ3v) is 7.72. The molecule has 210 valence electrons. The summed E-state index contributed by atoms with van der Waals surface area (Å²) in [6.45, 7) is 2.03. The molecule has 0 radical (unpaired) electrons.